The summed E-state index contributed by atoms with van der Waals surface area (Å²) in [5.41, 5.74) is 1.64. The van der Waals surface area contributed by atoms with E-state index in [4.69, 9.17) is 5.14 Å². The van der Waals surface area contributed by atoms with E-state index < -0.39 is 10.2 Å². The van der Waals surface area contributed by atoms with Crippen LogP contribution in [0.15, 0.2) is 35.1 Å². The van der Waals surface area contributed by atoms with E-state index in [9.17, 15) is 13.2 Å². The Bertz CT molecular complexity index is 886. The lowest BCUT2D eigenvalue weighted by Crippen LogP contribution is -2.46. The van der Waals surface area contributed by atoms with Crippen LogP contribution in [0.2, 0.25) is 0 Å². The summed E-state index contributed by atoms with van der Waals surface area (Å²) >= 11 is 0. The number of nitrogens with zero attached hydrogens (tertiary/aromatic N) is 1. The smallest absolute Gasteiger partial charge is 0.274 e. The second-order valence-corrected chi connectivity index (χ2v) is 7.67. The zero-order valence-electron chi connectivity index (χ0n) is 13.5. The fourth-order valence-corrected chi connectivity index (χ4v) is 4.15. The number of benzene rings is 1. The van der Waals surface area contributed by atoms with Crippen LogP contribution in [0.4, 0.5) is 5.69 Å². The van der Waals surface area contributed by atoms with Gasteiger partial charge in [0, 0.05) is 30.6 Å². The molecule has 1 aromatic carbocycles. The molecule has 0 saturated carbocycles. The summed E-state index contributed by atoms with van der Waals surface area (Å²) in [5.74, 6) is 0.229. The fraction of sp³-hybridized carbons (Fsp3) is 0.438. The molecule has 1 aliphatic heterocycles. The van der Waals surface area contributed by atoms with Crippen molar-refractivity contribution in [3.05, 3.63) is 40.7 Å². The minimum Gasteiger partial charge on any atom is -0.371 e. The monoisotopic (exact) mass is 350 g/mol. The maximum atomic E-state index is 11.9. The number of rotatable bonds is 4. The van der Waals surface area contributed by atoms with Crippen molar-refractivity contribution in [2.75, 3.05) is 18.0 Å². The highest BCUT2D eigenvalue weighted by Crippen LogP contribution is 2.29. The van der Waals surface area contributed by atoms with Crippen LogP contribution in [-0.4, -0.2) is 32.5 Å². The Morgan fingerprint density at radius 1 is 1.29 bits per heavy atom. The Hall–Kier alpha value is -1.90. The van der Waals surface area contributed by atoms with Crippen molar-refractivity contribution in [2.24, 2.45) is 11.1 Å². The summed E-state index contributed by atoms with van der Waals surface area (Å²) in [4.78, 5) is 16.9. The molecule has 1 atom stereocenters. The van der Waals surface area contributed by atoms with E-state index in [1.54, 1.807) is 6.07 Å². The zero-order valence-corrected chi connectivity index (χ0v) is 14.3. The molecule has 0 bridgehead atoms. The minimum absolute atomic E-state index is 0.116. The Kier molecular flexibility index (Phi) is 4.62. The van der Waals surface area contributed by atoms with Gasteiger partial charge in [-0.05, 0) is 31.7 Å². The van der Waals surface area contributed by atoms with Gasteiger partial charge in [0.2, 0.25) is 5.56 Å². The largest absolute Gasteiger partial charge is 0.371 e. The van der Waals surface area contributed by atoms with E-state index in [0.717, 1.165) is 42.5 Å². The van der Waals surface area contributed by atoms with E-state index in [1.807, 2.05) is 31.2 Å². The molecule has 2 aromatic rings. The number of nitrogens with two attached hydrogens (primary N) is 1. The van der Waals surface area contributed by atoms with Crippen LogP contribution in [0, 0.1) is 5.92 Å². The van der Waals surface area contributed by atoms with Crippen molar-refractivity contribution >= 4 is 26.8 Å². The van der Waals surface area contributed by atoms with Gasteiger partial charge in [-0.2, -0.15) is 13.1 Å². The van der Waals surface area contributed by atoms with Gasteiger partial charge in [0.1, 0.15) is 0 Å². The Morgan fingerprint density at radius 3 is 2.62 bits per heavy atom. The highest BCUT2D eigenvalue weighted by molar-refractivity contribution is 7.87. The minimum atomic E-state index is -3.68. The second kappa shape index (κ2) is 6.54. The lowest BCUT2D eigenvalue weighted by atomic mass is 9.90. The summed E-state index contributed by atoms with van der Waals surface area (Å²) < 4.78 is 24.8. The maximum Gasteiger partial charge on any atom is 0.274 e. The first-order valence-electron chi connectivity index (χ1n) is 8.00. The zero-order chi connectivity index (χ0) is 17.3. The van der Waals surface area contributed by atoms with Crippen molar-refractivity contribution in [3.8, 4) is 0 Å². The molecular formula is C16H22N4O3S. The first-order chi connectivity index (χ1) is 11.3. The van der Waals surface area contributed by atoms with Gasteiger partial charge in [0.15, 0.2) is 0 Å². The molecule has 2 heterocycles. The summed E-state index contributed by atoms with van der Waals surface area (Å²) in [6, 6.07) is 9.18. The van der Waals surface area contributed by atoms with E-state index in [0.29, 0.717) is 0 Å². The van der Waals surface area contributed by atoms with Gasteiger partial charge in [-0.1, -0.05) is 18.2 Å². The predicted octanol–water partition coefficient (Wildman–Crippen LogP) is 0.926. The third-order valence-corrected chi connectivity index (χ3v) is 5.37. The van der Waals surface area contributed by atoms with Crippen LogP contribution in [0.25, 0.3) is 10.9 Å². The highest BCUT2D eigenvalue weighted by atomic mass is 32.2. The first-order valence-corrected chi connectivity index (χ1v) is 9.55. The fourth-order valence-electron chi connectivity index (χ4n) is 3.44. The molecule has 130 valence electrons. The summed E-state index contributed by atoms with van der Waals surface area (Å²) in [5, 5.41) is 6.07. The molecule has 1 fully saturated rings. The van der Waals surface area contributed by atoms with Crippen molar-refractivity contribution in [3.63, 3.8) is 0 Å². The molecule has 0 spiro atoms. The Morgan fingerprint density at radius 2 is 1.96 bits per heavy atom. The molecule has 0 radical (unpaired) electrons. The lowest BCUT2D eigenvalue weighted by Gasteiger charge is -2.36. The lowest BCUT2D eigenvalue weighted by molar-refractivity contribution is 0.337. The highest BCUT2D eigenvalue weighted by Gasteiger charge is 2.26. The number of para-hydroxylation sites is 1. The van der Waals surface area contributed by atoms with Crippen LogP contribution in [0.1, 0.15) is 19.8 Å². The number of fused-ring (bicyclic) bond motifs is 1. The first kappa shape index (κ1) is 16.9. The van der Waals surface area contributed by atoms with Crippen LogP contribution < -0.4 is 20.3 Å². The van der Waals surface area contributed by atoms with Crippen LogP contribution >= 0.6 is 0 Å². The SMILES string of the molecule is CC(NS(N)(=O)=O)C1CCN(c2cc(=O)[nH]c3ccccc23)CC1. The summed E-state index contributed by atoms with van der Waals surface area (Å²) in [6.45, 7) is 3.39. The van der Waals surface area contributed by atoms with E-state index >= 15 is 0 Å². The summed E-state index contributed by atoms with van der Waals surface area (Å²) in [6.07, 6.45) is 1.68. The molecule has 1 aromatic heterocycles. The molecule has 4 N–H and O–H groups in total. The number of aromatic nitrogens is 1. The van der Waals surface area contributed by atoms with Gasteiger partial charge < -0.3 is 9.88 Å². The molecule has 1 aliphatic rings. The van der Waals surface area contributed by atoms with Gasteiger partial charge >= 0.3 is 0 Å². The van der Waals surface area contributed by atoms with E-state index in [2.05, 4.69) is 14.6 Å². The molecule has 1 unspecified atom stereocenters. The van der Waals surface area contributed by atoms with Gasteiger partial charge in [0.05, 0.1) is 11.2 Å². The quantitative estimate of drug-likeness (QED) is 0.762. The summed E-state index contributed by atoms with van der Waals surface area (Å²) in [7, 11) is -3.68. The second-order valence-electron chi connectivity index (χ2n) is 6.34. The van der Waals surface area contributed by atoms with E-state index in [1.165, 1.54) is 0 Å². The normalized spacial score (nSPS) is 18.0. The van der Waals surface area contributed by atoms with Crippen molar-refractivity contribution in [1.82, 2.24) is 9.71 Å². The van der Waals surface area contributed by atoms with Crippen LogP contribution in [-0.2, 0) is 10.2 Å². The molecule has 0 aliphatic carbocycles. The standard InChI is InChI=1S/C16H22N4O3S/c1-11(19-24(17,22)23)12-6-8-20(9-7-12)15-10-16(21)18-14-5-3-2-4-13(14)15/h2-5,10-12,19H,6-9H2,1H3,(H,18,21)(H2,17,22,23). The third kappa shape index (κ3) is 3.77. The number of aromatic amines is 1. The number of anilines is 1. The topological polar surface area (TPSA) is 108 Å². The van der Waals surface area contributed by atoms with Gasteiger partial charge in [-0.3, -0.25) is 4.79 Å². The molecule has 7 nitrogen and oxygen atoms in total. The molecule has 24 heavy (non-hydrogen) atoms. The predicted molar refractivity (Wildman–Crippen MR) is 95.2 cm³/mol. The number of pyridine rings is 1. The van der Waals surface area contributed by atoms with E-state index in [-0.39, 0.29) is 17.5 Å². The number of hydrogen-bond donors (Lipinski definition) is 3. The molecule has 3 rings (SSSR count). The molecular weight excluding hydrogens is 328 g/mol. The number of piperidine rings is 1. The Balaban J connectivity index is 1.77. The number of H-pyrrole nitrogens is 1. The number of nitrogens with one attached hydrogen (secondary N) is 2. The third-order valence-electron chi connectivity index (χ3n) is 4.67. The van der Waals surface area contributed by atoms with Crippen molar-refractivity contribution in [2.45, 2.75) is 25.8 Å². The van der Waals surface area contributed by atoms with Gasteiger partial charge in [-0.25, -0.2) is 5.14 Å². The molecule has 8 heteroatoms. The number of hydrogen-bond acceptors (Lipinski definition) is 4. The average molecular weight is 350 g/mol. The molecule has 1 saturated heterocycles. The average Bonchev–Trinajstić information content (AvgIpc) is 2.52. The van der Waals surface area contributed by atoms with Crippen LogP contribution in [0.3, 0.4) is 0 Å². The van der Waals surface area contributed by atoms with Crippen molar-refractivity contribution in [1.29, 1.82) is 0 Å². The van der Waals surface area contributed by atoms with Gasteiger partial charge in [0.25, 0.3) is 10.2 Å². The maximum absolute atomic E-state index is 11.9. The Labute approximate surface area is 141 Å². The molecule has 0 amide bonds. The van der Waals surface area contributed by atoms with Crippen molar-refractivity contribution < 1.29 is 8.42 Å². The van der Waals surface area contributed by atoms with Gasteiger partial charge in [-0.15, -0.1) is 0 Å². The van der Waals surface area contributed by atoms with Crippen LogP contribution in [0.5, 0.6) is 0 Å².